The third-order valence-electron chi connectivity index (χ3n) is 4.98. The van der Waals surface area contributed by atoms with Crippen LogP contribution in [-0.4, -0.2) is 40.1 Å². The second kappa shape index (κ2) is 8.46. The summed E-state index contributed by atoms with van der Waals surface area (Å²) in [7, 11) is 3.19. The highest BCUT2D eigenvalue weighted by molar-refractivity contribution is 6.00. The first-order valence-corrected chi connectivity index (χ1v) is 9.56. The highest BCUT2D eigenvalue weighted by Gasteiger charge is 2.24. The van der Waals surface area contributed by atoms with Gasteiger partial charge in [-0.15, -0.1) is 0 Å². The number of imidazole rings is 1. The van der Waals surface area contributed by atoms with E-state index in [9.17, 15) is 14.0 Å². The molecule has 0 radical (unpaired) electrons. The lowest BCUT2D eigenvalue weighted by atomic mass is 10.0. The number of carbonyl (C=O) groups is 2. The average Bonchev–Trinajstić information content (AvgIpc) is 3.18. The normalized spacial score (nSPS) is 11.1. The average molecular weight is 400 g/mol. The highest BCUT2D eigenvalue weighted by Crippen LogP contribution is 2.22. The number of aryl methyl sites for hydroxylation is 2. The number of aromatic amines is 1. The van der Waals surface area contributed by atoms with Crippen molar-refractivity contribution in [3.63, 3.8) is 0 Å². The molecule has 0 unspecified atom stereocenters. The van der Waals surface area contributed by atoms with Crippen LogP contribution in [-0.2, 0) is 24.6 Å². The van der Waals surface area contributed by atoms with Crippen molar-refractivity contribution in [2.75, 3.05) is 13.7 Å². The molecule has 0 aliphatic carbocycles. The molecular formula is C21H25FN4O3. The van der Waals surface area contributed by atoms with Gasteiger partial charge in [0.15, 0.2) is 0 Å². The number of H-pyrrole nitrogens is 1. The van der Waals surface area contributed by atoms with Crippen molar-refractivity contribution in [1.82, 2.24) is 19.9 Å². The quantitative estimate of drug-likeness (QED) is 0.597. The molecule has 0 saturated carbocycles. The van der Waals surface area contributed by atoms with E-state index in [0.29, 0.717) is 47.4 Å². The maximum absolute atomic E-state index is 13.4. The van der Waals surface area contributed by atoms with E-state index in [1.165, 1.54) is 19.2 Å². The monoisotopic (exact) mass is 400 g/mol. The van der Waals surface area contributed by atoms with E-state index in [1.54, 1.807) is 13.0 Å². The van der Waals surface area contributed by atoms with Crippen LogP contribution >= 0.6 is 0 Å². The molecule has 7 nitrogen and oxygen atoms in total. The zero-order valence-corrected chi connectivity index (χ0v) is 17.1. The minimum absolute atomic E-state index is 0.281. The molecule has 1 amide bonds. The molecule has 0 aliphatic rings. The summed E-state index contributed by atoms with van der Waals surface area (Å²) in [5.41, 5.74) is 3.52. The van der Waals surface area contributed by atoms with E-state index >= 15 is 0 Å². The summed E-state index contributed by atoms with van der Waals surface area (Å²) in [6.45, 7) is 4.09. The summed E-state index contributed by atoms with van der Waals surface area (Å²) in [5.74, 6) is -0.315. The third kappa shape index (κ3) is 4.01. The number of nitrogens with zero attached hydrogens (tertiary/aromatic N) is 2. The first-order valence-electron chi connectivity index (χ1n) is 9.56. The van der Waals surface area contributed by atoms with Crippen molar-refractivity contribution in [2.45, 2.75) is 33.1 Å². The van der Waals surface area contributed by atoms with Crippen molar-refractivity contribution in [3.8, 4) is 0 Å². The number of hydrogen-bond acceptors (Lipinski definition) is 4. The van der Waals surface area contributed by atoms with Crippen LogP contribution in [0.25, 0.3) is 11.0 Å². The summed E-state index contributed by atoms with van der Waals surface area (Å²) < 4.78 is 20.1. The topological polar surface area (TPSA) is 89.0 Å². The van der Waals surface area contributed by atoms with Gasteiger partial charge in [0, 0.05) is 31.8 Å². The van der Waals surface area contributed by atoms with Crippen LogP contribution < -0.4 is 5.32 Å². The van der Waals surface area contributed by atoms with Crippen molar-refractivity contribution in [1.29, 1.82) is 0 Å². The second-order valence-electron chi connectivity index (χ2n) is 6.95. The number of amides is 1. The van der Waals surface area contributed by atoms with E-state index in [4.69, 9.17) is 4.74 Å². The maximum Gasteiger partial charge on any atom is 0.339 e. The molecule has 154 valence electrons. The first-order chi connectivity index (χ1) is 13.9. The molecule has 0 fully saturated rings. The summed E-state index contributed by atoms with van der Waals surface area (Å²) in [5, 5.41) is 2.88. The Labute approximate surface area is 168 Å². The smallest absolute Gasteiger partial charge is 0.339 e. The van der Waals surface area contributed by atoms with E-state index < -0.39 is 5.97 Å². The van der Waals surface area contributed by atoms with E-state index in [0.717, 1.165) is 17.8 Å². The Morgan fingerprint density at radius 3 is 2.76 bits per heavy atom. The summed E-state index contributed by atoms with van der Waals surface area (Å²) in [6.07, 6.45) is 1.87. The zero-order valence-electron chi connectivity index (χ0n) is 17.1. The minimum Gasteiger partial charge on any atom is -0.465 e. The lowest BCUT2D eigenvalue weighted by Gasteiger charge is -2.07. The second-order valence-corrected chi connectivity index (χ2v) is 6.95. The number of fused-ring (bicyclic) bond motifs is 1. The Bertz CT molecular complexity index is 1070. The molecular weight excluding hydrogens is 375 g/mol. The van der Waals surface area contributed by atoms with Gasteiger partial charge in [0.05, 0.1) is 23.7 Å². The van der Waals surface area contributed by atoms with Crippen LogP contribution in [0.5, 0.6) is 0 Å². The fraction of sp³-hybridized carbons (Fsp3) is 0.381. The van der Waals surface area contributed by atoms with Crippen LogP contribution in [0.3, 0.4) is 0 Å². The number of carbonyl (C=O) groups excluding carboxylic acids is 2. The number of ether oxygens (including phenoxy) is 1. The molecule has 2 aromatic heterocycles. The van der Waals surface area contributed by atoms with Gasteiger partial charge in [-0.3, -0.25) is 4.79 Å². The predicted octanol–water partition coefficient (Wildman–Crippen LogP) is 3.06. The third-order valence-corrected chi connectivity index (χ3v) is 4.98. The maximum atomic E-state index is 13.4. The number of halogens is 1. The molecule has 0 saturated heterocycles. The molecule has 0 spiro atoms. The van der Waals surface area contributed by atoms with Gasteiger partial charge in [0.2, 0.25) is 0 Å². The van der Waals surface area contributed by atoms with Gasteiger partial charge in [-0.25, -0.2) is 14.2 Å². The van der Waals surface area contributed by atoms with Crippen LogP contribution in [0.1, 0.15) is 51.3 Å². The Morgan fingerprint density at radius 1 is 1.31 bits per heavy atom. The van der Waals surface area contributed by atoms with Crippen LogP contribution in [0, 0.1) is 12.7 Å². The summed E-state index contributed by atoms with van der Waals surface area (Å²) >= 11 is 0. The number of nitrogens with one attached hydrogen (secondary N) is 2. The number of esters is 1. The fourth-order valence-corrected chi connectivity index (χ4v) is 3.57. The van der Waals surface area contributed by atoms with Crippen molar-refractivity contribution >= 4 is 22.9 Å². The molecule has 0 atom stereocenters. The van der Waals surface area contributed by atoms with Crippen LogP contribution in [0.15, 0.2) is 18.2 Å². The largest absolute Gasteiger partial charge is 0.465 e. The molecule has 8 heteroatoms. The summed E-state index contributed by atoms with van der Waals surface area (Å²) in [4.78, 5) is 32.3. The Kier molecular flexibility index (Phi) is 6.00. The lowest BCUT2D eigenvalue weighted by Crippen LogP contribution is -2.27. The Balaban J connectivity index is 1.74. The van der Waals surface area contributed by atoms with E-state index in [1.807, 2.05) is 18.5 Å². The summed E-state index contributed by atoms with van der Waals surface area (Å²) in [6, 6.07) is 4.48. The molecule has 1 aromatic carbocycles. The van der Waals surface area contributed by atoms with Gasteiger partial charge < -0.3 is 19.6 Å². The van der Waals surface area contributed by atoms with Gasteiger partial charge in [-0.1, -0.05) is 13.3 Å². The molecule has 2 N–H and O–H groups in total. The Hall–Kier alpha value is -3.16. The number of methoxy groups -OCH3 is 1. The van der Waals surface area contributed by atoms with Gasteiger partial charge in [-0.05, 0) is 31.0 Å². The van der Waals surface area contributed by atoms with E-state index in [-0.39, 0.29) is 11.7 Å². The number of aromatic nitrogens is 3. The molecule has 3 rings (SSSR count). The first kappa shape index (κ1) is 20.6. The van der Waals surface area contributed by atoms with E-state index in [2.05, 4.69) is 15.3 Å². The standard InChI is InChI=1S/C21H25FN4O3/c1-5-6-14-18(21(28)29-4)12(2)24-19(14)20(27)23-10-9-17-25-15-11-13(22)7-8-16(15)26(17)3/h7-8,11,24H,5-6,9-10H2,1-4H3,(H,23,27). The highest BCUT2D eigenvalue weighted by atomic mass is 19.1. The van der Waals surface area contributed by atoms with Gasteiger partial charge in [-0.2, -0.15) is 0 Å². The van der Waals surface area contributed by atoms with Gasteiger partial charge in [0.1, 0.15) is 17.3 Å². The number of benzene rings is 1. The lowest BCUT2D eigenvalue weighted by molar-refractivity contribution is 0.0599. The van der Waals surface area contributed by atoms with Crippen LogP contribution in [0.4, 0.5) is 4.39 Å². The molecule has 29 heavy (non-hydrogen) atoms. The predicted molar refractivity (Wildman–Crippen MR) is 108 cm³/mol. The Morgan fingerprint density at radius 2 is 2.07 bits per heavy atom. The minimum atomic E-state index is -0.451. The van der Waals surface area contributed by atoms with Crippen molar-refractivity contribution in [3.05, 3.63) is 52.4 Å². The van der Waals surface area contributed by atoms with Crippen LogP contribution in [0.2, 0.25) is 0 Å². The number of rotatable bonds is 7. The number of hydrogen-bond donors (Lipinski definition) is 2. The fourth-order valence-electron chi connectivity index (χ4n) is 3.57. The molecule has 2 heterocycles. The zero-order chi connectivity index (χ0) is 21.1. The van der Waals surface area contributed by atoms with Crippen molar-refractivity contribution in [2.24, 2.45) is 7.05 Å². The molecule has 0 bridgehead atoms. The van der Waals surface area contributed by atoms with Gasteiger partial charge in [0.25, 0.3) is 5.91 Å². The van der Waals surface area contributed by atoms with Crippen molar-refractivity contribution < 1.29 is 18.7 Å². The SMILES string of the molecule is CCCc1c(C(=O)NCCc2nc3cc(F)ccc3n2C)[nH]c(C)c1C(=O)OC. The molecule has 3 aromatic rings. The van der Waals surface area contributed by atoms with Gasteiger partial charge >= 0.3 is 5.97 Å². The molecule has 0 aliphatic heterocycles.